The Balaban J connectivity index is 2.23. The minimum absolute atomic E-state index is 0.0841. The van der Waals surface area contributed by atoms with Gasteiger partial charge in [0.1, 0.15) is 11.4 Å². The molecule has 1 aromatic heterocycles. The number of aromatic nitrogens is 1. The second-order valence-corrected chi connectivity index (χ2v) is 8.89. The molecule has 0 atom stereocenters. The molecule has 0 aliphatic rings. The maximum absolute atomic E-state index is 12.6. The van der Waals surface area contributed by atoms with Gasteiger partial charge in [0.05, 0.1) is 5.52 Å². The Labute approximate surface area is 156 Å². The number of hydrogen-bond acceptors (Lipinski definition) is 3. The molecular formula is C22H31NO3. The van der Waals surface area contributed by atoms with Crippen LogP contribution in [-0.2, 0) is 16.0 Å². The van der Waals surface area contributed by atoms with Gasteiger partial charge in [0.15, 0.2) is 0 Å². The van der Waals surface area contributed by atoms with E-state index in [1.807, 2.05) is 51.2 Å². The van der Waals surface area contributed by atoms with Gasteiger partial charge in [0, 0.05) is 18.0 Å². The summed E-state index contributed by atoms with van der Waals surface area (Å²) in [5.74, 6) is 0.236. The van der Waals surface area contributed by atoms with E-state index in [1.54, 1.807) is 11.5 Å². The third-order valence-corrected chi connectivity index (χ3v) is 4.61. The first-order chi connectivity index (χ1) is 12.0. The number of ether oxygens (including phenoxy) is 1. The van der Waals surface area contributed by atoms with Crippen molar-refractivity contribution in [2.24, 2.45) is 5.41 Å². The third-order valence-electron chi connectivity index (χ3n) is 4.61. The van der Waals surface area contributed by atoms with Crippen molar-refractivity contribution in [1.29, 1.82) is 0 Å². The molecule has 4 nitrogen and oxygen atoms in total. The van der Waals surface area contributed by atoms with Crippen molar-refractivity contribution in [1.82, 2.24) is 4.57 Å². The monoisotopic (exact) mass is 357 g/mol. The lowest BCUT2D eigenvalue weighted by Crippen LogP contribution is -2.26. The van der Waals surface area contributed by atoms with Gasteiger partial charge in [-0.25, -0.2) is 4.79 Å². The van der Waals surface area contributed by atoms with Crippen LogP contribution < -0.4 is 0 Å². The molecule has 0 radical (unpaired) electrons. The van der Waals surface area contributed by atoms with Gasteiger partial charge in [0.25, 0.3) is 0 Å². The highest BCUT2D eigenvalue weighted by Crippen LogP contribution is 2.31. The highest BCUT2D eigenvalue weighted by molar-refractivity contribution is 5.92. The van der Waals surface area contributed by atoms with Crippen LogP contribution in [-0.4, -0.2) is 22.0 Å². The quantitative estimate of drug-likeness (QED) is 0.661. The molecule has 0 bridgehead atoms. The lowest BCUT2D eigenvalue weighted by molar-refractivity contribution is -0.117. The standard InChI is InChI=1S/C22H31NO3/c1-16(24)11-13-22(5,6)14-12-17-15-23(20(25)26-21(2,3)4)19-10-8-7-9-18(17)19/h7-10,15H,11-14H2,1-6H3. The van der Waals surface area contributed by atoms with E-state index in [1.165, 1.54) is 0 Å². The van der Waals surface area contributed by atoms with Crippen molar-refractivity contribution >= 4 is 22.8 Å². The summed E-state index contributed by atoms with van der Waals surface area (Å²) in [6.07, 6.45) is 4.87. The van der Waals surface area contributed by atoms with E-state index in [0.29, 0.717) is 6.42 Å². The summed E-state index contributed by atoms with van der Waals surface area (Å²) >= 11 is 0. The summed E-state index contributed by atoms with van der Waals surface area (Å²) in [5.41, 5.74) is 1.57. The number of ketones is 1. The molecule has 0 unspecified atom stereocenters. The van der Waals surface area contributed by atoms with Crippen LogP contribution >= 0.6 is 0 Å². The number of fused-ring (bicyclic) bond motifs is 1. The number of carbonyl (C=O) groups is 2. The third kappa shape index (κ3) is 5.45. The average Bonchev–Trinajstić information content (AvgIpc) is 2.89. The molecule has 26 heavy (non-hydrogen) atoms. The maximum atomic E-state index is 12.6. The first-order valence-corrected chi connectivity index (χ1v) is 9.30. The SMILES string of the molecule is CC(=O)CCC(C)(C)CCc1cn(C(=O)OC(C)(C)C)c2ccccc12. The van der Waals surface area contributed by atoms with Gasteiger partial charge in [-0.15, -0.1) is 0 Å². The van der Waals surface area contributed by atoms with Crippen LogP contribution in [0.15, 0.2) is 30.5 Å². The summed E-state index contributed by atoms with van der Waals surface area (Å²) in [6.45, 7) is 11.6. The van der Waals surface area contributed by atoms with Crippen molar-refractivity contribution in [3.8, 4) is 0 Å². The summed E-state index contributed by atoms with van der Waals surface area (Å²) in [6, 6.07) is 7.92. The predicted octanol–water partition coefficient (Wildman–Crippen LogP) is 5.75. The lowest BCUT2D eigenvalue weighted by atomic mass is 9.81. The minimum Gasteiger partial charge on any atom is -0.443 e. The smallest absolute Gasteiger partial charge is 0.419 e. The fourth-order valence-corrected chi connectivity index (χ4v) is 3.02. The number of benzene rings is 1. The molecule has 0 amide bonds. The number of rotatable bonds is 6. The topological polar surface area (TPSA) is 48.3 Å². The number of para-hydroxylation sites is 1. The molecule has 0 fully saturated rings. The molecule has 0 saturated carbocycles. The highest BCUT2D eigenvalue weighted by Gasteiger charge is 2.22. The zero-order valence-electron chi connectivity index (χ0n) is 16.9. The fourth-order valence-electron chi connectivity index (χ4n) is 3.02. The summed E-state index contributed by atoms with van der Waals surface area (Å²) in [7, 11) is 0. The molecule has 4 heteroatoms. The molecule has 142 valence electrons. The van der Waals surface area contributed by atoms with Gasteiger partial charge in [-0.1, -0.05) is 32.0 Å². The van der Waals surface area contributed by atoms with Crippen molar-refractivity contribution in [3.63, 3.8) is 0 Å². The van der Waals surface area contributed by atoms with Crippen LogP contribution in [0.3, 0.4) is 0 Å². The number of hydrogen-bond donors (Lipinski definition) is 0. The van der Waals surface area contributed by atoms with Crippen LogP contribution in [0.4, 0.5) is 4.79 Å². The predicted molar refractivity (Wildman–Crippen MR) is 106 cm³/mol. The van der Waals surface area contributed by atoms with Gasteiger partial charge in [-0.2, -0.15) is 0 Å². The molecular weight excluding hydrogens is 326 g/mol. The van der Waals surface area contributed by atoms with E-state index in [0.717, 1.165) is 35.7 Å². The fraction of sp³-hybridized carbons (Fsp3) is 0.545. The molecule has 0 N–H and O–H groups in total. The Morgan fingerprint density at radius 1 is 1.04 bits per heavy atom. The van der Waals surface area contributed by atoms with E-state index in [9.17, 15) is 9.59 Å². The van der Waals surface area contributed by atoms with Gasteiger partial charge >= 0.3 is 6.09 Å². The summed E-state index contributed by atoms with van der Waals surface area (Å²) < 4.78 is 7.15. The molecule has 1 aromatic carbocycles. The number of aryl methyl sites for hydroxylation is 1. The number of carbonyl (C=O) groups excluding carboxylic acids is 2. The summed E-state index contributed by atoms with van der Waals surface area (Å²) in [5, 5.41) is 1.08. The summed E-state index contributed by atoms with van der Waals surface area (Å²) in [4.78, 5) is 23.8. The van der Waals surface area contributed by atoms with Crippen molar-refractivity contribution < 1.29 is 14.3 Å². The highest BCUT2D eigenvalue weighted by atomic mass is 16.6. The molecule has 0 saturated heterocycles. The van der Waals surface area contributed by atoms with Gasteiger partial charge < -0.3 is 9.53 Å². The Hall–Kier alpha value is -2.10. The molecule has 0 aliphatic heterocycles. The van der Waals surface area contributed by atoms with Crippen molar-refractivity contribution in [3.05, 3.63) is 36.0 Å². The van der Waals surface area contributed by atoms with Crippen LogP contribution in [0, 0.1) is 5.41 Å². The number of Topliss-reactive ketones (excluding diaryl/α,β-unsaturated/α-hetero) is 1. The van der Waals surface area contributed by atoms with E-state index < -0.39 is 5.60 Å². The minimum atomic E-state index is -0.530. The molecule has 0 spiro atoms. The first-order valence-electron chi connectivity index (χ1n) is 9.30. The van der Waals surface area contributed by atoms with Gasteiger partial charge in [-0.3, -0.25) is 4.57 Å². The van der Waals surface area contributed by atoms with E-state index in [4.69, 9.17) is 4.74 Å². The Bertz CT molecular complexity index is 793. The maximum Gasteiger partial charge on any atom is 0.419 e. The second kappa shape index (κ2) is 7.65. The molecule has 0 aliphatic carbocycles. The molecule has 2 aromatic rings. The van der Waals surface area contributed by atoms with Crippen molar-refractivity contribution in [2.75, 3.05) is 0 Å². The first kappa shape index (κ1) is 20.2. The number of nitrogens with zero attached hydrogens (tertiary/aromatic N) is 1. The van der Waals surface area contributed by atoms with Gasteiger partial charge in [-0.05, 0) is 64.0 Å². The zero-order valence-corrected chi connectivity index (χ0v) is 16.9. The average molecular weight is 357 g/mol. The van der Waals surface area contributed by atoms with Crippen LogP contribution in [0.25, 0.3) is 10.9 Å². The zero-order chi connectivity index (χ0) is 19.5. The van der Waals surface area contributed by atoms with Crippen LogP contribution in [0.1, 0.15) is 66.4 Å². The Morgan fingerprint density at radius 2 is 1.69 bits per heavy atom. The molecule has 1 heterocycles. The Morgan fingerprint density at radius 3 is 2.31 bits per heavy atom. The van der Waals surface area contributed by atoms with Crippen LogP contribution in [0.5, 0.6) is 0 Å². The second-order valence-electron chi connectivity index (χ2n) is 8.89. The van der Waals surface area contributed by atoms with E-state index in [-0.39, 0.29) is 17.3 Å². The lowest BCUT2D eigenvalue weighted by Gasteiger charge is -2.23. The normalized spacial score (nSPS) is 12.4. The van der Waals surface area contributed by atoms with Crippen LogP contribution in [0.2, 0.25) is 0 Å². The molecule has 2 rings (SSSR count). The van der Waals surface area contributed by atoms with Crippen molar-refractivity contribution in [2.45, 2.75) is 72.8 Å². The largest absolute Gasteiger partial charge is 0.443 e. The van der Waals surface area contributed by atoms with E-state index in [2.05, 4.69) is 13.8 Å². The van der Waals surface area contributed by atoms with Gasteiger partial charge in [0.2, 0.25) is 0 Å². The Kier molecular flexibility index (Phi) is 5.94. The van der Waals surface area contributed by atoms with E-state index >= 15 is 0 Å².